The monoisotopic (exact) mass is 313 g/mol. The number of methoxy groups -OCH3 is 1. The Bertz CT molecular complexity index is 698. The lowest BCUT2D eigenvalue weighted by Gasteiger charge is -2.13. The molecular formula is C14H16FNO4S. The molecule has 2 aromatic rings. The molecule has 0 spiro atoms. The number of rotatable bonds is 6. The normalized spacial score (nSPS) is 13.1. The predicted molar refractivity (Wildman–Crippen MR) is 75.1 cm³/mol. The molecule has 1 aromatic carbocycles. The highest BCUT2D eigenvalue weighted by molar-refractivity contribution is 7.89. The van der Waals surface area contributed by atoms with Crippen LogP contribution >= 0.6 is 0 Å². The Labute approximate surface area is 122 Å². The molecule has 1 aromatic heterocycles. The molecule has 2 rings (SSSR count). The van der Waals surface area contributed by atoms with E-state index in [2.05, 4.69) is 4.72 Å². The van der Waals surface area contributed by atoms with Gasteiger partial charge in [0.2, 0.25) is 10.0 Å². The van der Waals surface area contributed by atoms with E-state index in [1.165, 1.54) is 25.5 Å². The minimum absolute atomic E-state index is 0.00224. The zero-order chi connectivity index (χ0) is 15.5. The number of benzene rings is 1. The number of nitrogens with one attached hydrogen (secondary N) is 1. The molecule has 1 atom stereocenters. The van der Waals surface area contributed by atoms with E-state index in [0.717, 1.165) is 6.07 Å². The first-order chi connectivity index (χ1) is 9.92. The minimum Gasteiger partial charge on any atom is -0.494 e. The number of halogens is 1. The maximum absolute atomic E-state index is 13.6. The zero-order valence-corrected chi connectivity index (χ0v) is 12.5. The first-order valence-corrected chi connectivity index (χ1v) is 7.79. The smallest absolute Gasteiger partial charge is 0.240 e. The number of furan rings is 1. The number of ether oxygens (including phenoxy) is 1. The van der Waals surface area contributed by atoms with Crippen LogP contribution in [0.15, 0.2) is 45.9 Å². The van der Waals surface area contributed by atoms with Gasteiger partial charge in [0, 0.05) is 12.5 Å². The van der Waals surface area contributed by atoms with Crippen molar-refractivity contribution in [2.45, 2.75) is 24.3 Å². The minimum atomic E-state index is -3.80. The summed E-state index contributed by atoms with van der Waals surface area (Å²) >= 11 is 0. The van der Waals surface area contributed by atoms with Gasteiger partial charge in [-0.2, -0.15) is 0 Å². The molecule has 5 nitrogen and oxygen atoms in total. The zero-order valence-electron chi connectivity index (χ0n) is 11.7. The van der Waals surface area contributed by atoms with Crippen molar-refractivity contribution in [3.63, 3.8) is 0 Å². The van der Waals surface area contributed by atoms with Crippen LogP contribution in [-0.4, -0.2) is 21.6 Å². The van der Waals surface area contributed by atoms with Gasteiger partial charge >= 0.3 is 0 Å². The Morgan fingerprint density at radius 3 is 2.71 bits per heavy atom. The highest BCUT2D eigenvalue weighted by atomic mass is 32.2. The Balaban J connectivity index is 2.12. The van der Waals surface area contributed by atoms with Gasteiger partial charge < -0.3 is 9.15 Å². The molecule has 1 N–H and O–H groups in total. The third-order valence-corrected chi connectivity index (χ3v) is 4.46. The van der Waals surface area contributed by atoms with Crippen molar-refractivity contribution < 1.29 is 22.0 Å². The fourth-order valence-electron chi connectivity index (χ4n) is 1.92. The summed E-state index contributed by atoms with van der Waals surface area (Å²) in [5.41, 5.74) is 0. The van der Waals surface area contributed by atoms with Gasteiger partial charge in [0.15, 0.2) is 11.6 Å². The number of hydrogen-bond acceptors (Lipinski definition) is 4. The molecule has 0 fully saturated rings. The van der Waals surface area contributed by atoms with Crippen molar-refractivity contribution in [2.75, 3.05) is 7.11 Å². The lowest BCUT2D eigenvalue weighted by molar-refractivity contribution is 0.385. The topological polar surface area (TPSA) is 68.5 Å². The molecule has 114 valence electrons. The molecule has 0 radical (unpaired) electrons. The van der Waals surface area contributed by atoms with Gasteiger partial charge in [-0.05, 0) is 37.3 Å². The van der Waals surface area contributed by atoms with Gasteiger partial charge in [-0.25, -0.2) is 17.5 Å². The first kappa shape index (κ1) is 15.5. The van der Waals surface area contributed by atoms with E-state index < -0.39 is 15.8 Å². The van der Waals surface area contributed by atoms with Crippen LogP contribution in [0.4, 0.5) is 4.39 Å². The Hall–Kier alpha value is -1.86. The van der Waals surface area contributed by atoms with Gasteiger partial charge in [-0.3, -0.25) is 0 Å². The predicted octanol–water partition coefficient (Wildman–Crippen LogP) is 2.34. The van der Waals surface area contributed by atoms with Gasteiger partial charge in [0.1, 0.15) is 5.76 Å². The molecule has 21 heavy (non-hydrogen) atoms. The summed E-state index contributed by atoms with van der Waals surface area (Å²) in [6.07, 6.45) is 1.93. The van der Waals surface area contributed by atoms with E-state index in [0.29, 0.717) is 12.2 Å². The van der Waals surface area contributed by atoms with E-state index in [4.69, 9.17) is 9.15 Å². The SMILES string of the molecule is COc1ccc(S(=O)(=O)N[C@@H](C)Cc2ccco2)cc1F. The van der Waals surface area contributed by atoms with E-state index in [9.17, 15) is 12.8 Å². The fraction of sp³-hybridized carbons (Fsp3) is 0.286. The third-order valence-electron chi connectivity index (χ3n) is 2.88. The maximum atomic E-state index is 13.6. The van der Waals surface area contributed by atoms with Crippen molar-refractivity contribution in [2.24, 2.45) is 0 Å². The second-order valence-corrected chi connectivity index (χ2v) is 6.32. The summed E-state index contributed by atoms with van der Waals surface area (Å²) in [4.78, 5) is -0.146. The molecule has 7 heteroatoms. The summed E-state index contributed by atoms with van der Waals surface area (Å²) in [6.45, 7) is 1.71. The Morgan fingerprint density at radius 2 is 2.14 bits per heavy atom. The van der Waals surface area contributed by atoms with Crippen LogP contribution in [0.3, 0.4) is 0 Å². The second-order valence-electron chi connectivity index (χ2n) is 4.60. The molecular weight excluding hydrogens is 297 g/mol. The molecule has 0 amide bonds. The molecule has 0 aliphatic rings. The van der Waals surface area contributed by atoms with Crippen molar-refractivity contribution in [3.05, 3.63) is 48.2 Å². The van der Waals surface area contributed by atoms with E-state index in [1.54, 1.807) is 19.1 Å². The summed E-state index contributed by atoms with van der Waals surface area (Å²) in [6, 6.07) is 6.62. The van der Waals surface area contributed by atoms with Crippen molar-refractivity contribution >= 4 is 10.0 Å². The van der Waals surface area contributed by atoms with E-state index in [-0.39, 0.29) is 16.7 Å². The lowest BCUT2D eigenvalue weighted by atomic mass is 10.2. The molecule has 0 aliphatic carbocycles. The third kappa shape index (κ3) is 3.83. The molecule has 0 unspecified atom stereocenters. The van der Waals surface area contributed by atoms with Crippen LogP contribution in [0.2, 0.25) is 0 Å². The molecule has 1 heterocycles. The van der Waals surface area contributed by atoms with Crippen molar-refractivity contribution in [1.82, 2.24) is 4.72 Å². The van der Waals surface area contributed by atoms with Crippen molar-refractivity contribution in [1.29, 1.82) is 0 Å². The summed E-state index contributed by atoms with van der Waals surface area (Å²) in [5.74, 6) is -0.0530. The quantitative estimate of drug-likeness (QED) is 0.889. The van der Waals surface area contributed by atoms with Crippen LogP contribution in [0.5, 0.6) is 5.75 Å². The molecule has 0 aliphatic heterocycles. The number of hydrogen-bond donors (Lipinski definition) is 1. The average molecular weight is 313 g/mol. The van der Waals surface area contributed by atoms with Crippen LogP contribution in [0.25, 0.3) is 0 Å². The van der Waals surface area contributed by atoms with Crippen LogP contribution < -0.4 is 9.46 Å². The Morgan fingerprint density at radius 1 is 1.38 bits per heavy atom. The summed E-state index contributed by atoms with van der Waals surface area (Å²) < 4.78 is 50.3. The Kier molecular flexibility index (Phi) is 4.64. The van der Waals surface area contributed by atoms with E-state index >= 15 is 0 Å². The highest BCUT2D eigenvalue weighted by Gasteiger charge is 2.20. The van der Waals surface area contributed by atoms with Gasteiger partial charge in [0.05, 0.1) is 18.3 Å². The maximum Gasteiger partial charge on any atom is 0.240 e. The first-order valence-electron chi connectivity index (χ1n) is 6.30. The van der Waals surface area contributed by atoms with Crippen LogP contribution in [0.1, 0.15) is 12.7 Å². The summed E-state index contributed by atoms with van der Waals surface area (Å²) in [5, 5.41) is 0. The largest absolute Gasteiger partial charge is 0.494 e. The molecule has 0 saturated carbocycles. The average Bonchev–Trinajstić information content (AvgIpc) is 2.90. The van der Waals surface area contributed by atoms with Crippen LogP contribution in [-0.2, 0) is 16.4 Å². The lowest BCUT2D eigenvalue weighted by Crippen LogP contribution is -2.34. The van der Waals surface area contributed by atoms with Gasteiger partial charge in [-0.1, -0.05) is 0 Å². The van der Waals surface area contributed by atoms with Crippen LogP contribution in [0, 0.1) is 5.82 Å². The molecule has 0 bridgehead atoms. The van der Waals surface area contributed by atoms with Crippen molar-refractivity contribution in [3.8, 4) is 5.75 Å². The standard InChI is InChI=1S/C14H16FNO4S/c1-10(8-11-4-3-7-20-11)16-21(17,18)12-5-6-14(19-2)13(15)9-12/h3-7,9-10,16H,8H2,1-2H3/t10-/m0/s1. The fourth-order valence-corrected chi connectivity index (χ4v) is 3.17. The summed E-state index contributed by atoms with van der Waals surface area (Å²) in [7, 11) is -2.48. The van der Waals surface area contributed by atoms with Gasteiger partial charge in [0.25, 0.3) is 0 Å². The second kappa shape index (κ2) is 6.28. The van der Waals surface area contributed by atoms with E-state index in [1.807, 2.05) is 0 Å². The highest BCUT2D eigenvalue weighted by Crippen LogP contribution is 2.20. The van der Waals surface area contributed by atoms with Gasteiger partial charge in [-0.15, -0.1) is 0 Å². The number of sulfonamides is 1. The molecule has 0 saturated heterocycles.